The molecule has 1 aromatic carbocycles. The number of anilines is 1. The fourth-order valence-corrected chi connectivity index (χ4v) is 3.39. The van der Waals surface area contributed by atoms with E-state index in [0.717, 1.165) is 27.6 Å². The highest BCUT2D eigenvalue weighted by atomic mass is 16.3. The van der Waals surface area contributed by atoms with Crippen LogP contribution in [0.4, 0.5) is 5.69 Å². The van der Waals surface area contributed by atoms with Crippen molar-refractivity contribution in [2.75, 3.05) is 4.90 Å². The second kappa shape index (κ2) is 5.01. The van der Waals surface area contributed by atoms with Crippen molar-refractivity contribution in [1.29, 1.82) is 0 Å². The summed E-state index contributed by atoms with van der Waals surface area (Å²) in [5, 5.41) is 2.10. The maximum atomic E-state index is 8.33. The Morgan fingerprint density at radius 3 is 2.78 bits per heavy atom. The molecule has 4 nitrogen and oxygen atoms in total. The molecule has 0 aliphatic carbocycles. The van der Waals surface area contributed by atoms with Crippen LogP contribution in [0.5, 0.6) is 0 Å². The van der Waals surface area contributed by atoms with E-state index in [4.69, 9.17) is 5.79 Å². The first-order valence-corrected chi connectivity index (χ1v) is 7.90. The molecule has 0 saturated carbocycles. The molecule has 0 bridgehead atoms. The van der Waals surface area contributed by atoms with E-state index in [-0.39, 0.29) is 6.17 Å². The Morgan fingerprint density at radius 2 is 2.04 bits per heavy atom. The molecule has 0 fully saturated rings. The summed E-state index contributed by atoms with van der Waals surface area (Å²) in [4.78, 5) is 8.56. The standard InChI is InChI=1S/C19H21N3O/c1-12(2)21-10-11-22(14(21)4)17-13(3)7-8-15-16-6-5-9-20-19(16)23-18(15)17/h5-12,14H,1-4H3/t14-/m0/s1/i12D. The van der Waals surface area contributed by atoms with E-state index in [2.05, 4.69) is 35.9 Å². The van der Waals surface area contributed by atoms with Crippen LogP contribution in [0.2, 0.25) is 0 Å². The summed E-state index contributed by atoms with van der Waals surface area (Å²) in [6.45, 7) is 7.99. The fraction of sp³-hybridized carbons (Fsp3) is 0.316. The molecule has 0 amide bonds. The monoisotopic (exact) mass is 308 g/mol. The van der Waals surface area contributed by atoms with Gasteiger partial charge >= 0.3 is 0 Å². The number of benzene rings is 1. The van der Waals surface area contributed by atoms with Crippen molar-refractivity contribution in [3.63, 3.8) is 0 Å². The molecule has 1 aliphatic heterocycles. The molecule has 0 N–H and O–H groups in total. The van der Waals surface area contributed by atoms with Crippen molar-refractivity contribution in [1.82, 2.24) is 9.88 Å². The van der Waals surface area contributed by atoms with Gasteiger partial charge in [0.15, 0.2) is 5.58 Å². The average molecular weight is 308 g/mol. The summed E-state index contributed by atoms with van der Waals surface area (Å²) in [5.74, 6) is 0. The number of rotatable bonds is 2. The molecule has 1 aliphatic rings. The summed E-state index contributed by atoms with van der Waals surface area (Å²) >= 11 is 0. The van der Waals surface area contributed by atoms with Crippen LogP contribution in [-0.2, 0) is 0 Å². The zero-order chi connectivity index (χ0) is 17.1. The van der Waals surface area contributed by atoms with Gasteiger partial charge in [0, 0.05) is 35.4 Å². The Balaban J connectivity index is 1.91. The lowest BCUT2D eigenvalue weighted by atomic mass is 10.1. The lowest BCUT2D eigenvalue weighted by Crippen LogP contribution is -2.39. The molecule has 4 rings (SSSR count). The summed E-state index contributed by atoms with van der Waals surface area (Å²) < 4.78 is 14.4. The normalized spacial score (nSPS) is 19.1. The van der Waals surface area contributed by atoms with Gasteiger partial charge in [-0.05, 0) is 45.4 Å². The second-order valence-corrected chi connectivity index (χ2v) is 6.26. The average Bonchev–Trinajstić information content (AvgIpc) is 3.07. The number of hydrogen-bond donors (Lipinski definition) is 0. The number of hydrogen-bond acceptors (Lipinski definition) is 4. The summed E-state index contributed by atoms with van der Waals surface area (Å²) in [6, 6.07) is 7.50. The molecule has 3 heterocycles. The topological polar surface area (TPSA) is 32.5 Å². The van der Waals surface area contributed by atoms with Gasteiger partial charge in [-0.15, -0.1) is 0 Å². The lowest BCUT2D eigenvalue weighted by molar-refractivity contribution is 0.263. The van der Waals surface area contributed by atoms with Crippen molar-refractivity contribution < 1.29 is 5.79 Å². The van der Waals surface area contributed by atoms with E-state index in [9.17, 15) is 0 Å². The van der Waals surface area contributed by atoms with Gasteiger partial charge in [0.05, 0.1) is 7.06 Å². The highest BCUT2D eigenvalue weighted by Gasteiger charge is 2.28. The minimum Gasteiger partial charge on any atom is -0.435 e. The van der Waals surface area contributed by atoms with Crippen LogP contribution in [0.1, 0.15) is 27.7 Å². The Bertz CT molecular complexity index is 954. The molecular weight excluding hydrogens is 286 g/mol. The third kappa shape index (κ3) is 2.01. The Labute approximate surface area is 137 Å². The van der Waals surface area contributed by atoms with Gasteiger partial charge in [-0.3, -0.25) is 0 Å². The van der Waals surface area contributed by atoms with Crippen molar-refractivity contribution in [2.24, 2.45) is 0 Å². The number of furan rings is 1. The maximum Gasteiger partial charge on any atom is 0.227 e. The summed E-state index contributed by atoms with van der Waals surface area (Å²) in [7, 11) is 0. The molecule has 0 radical (unpaired) electrons. The van der Waals surface area contributed by atoms with Gasteiger partial charge in [0.25, 0.3) is 0 Å². The van der Waals surface area contributed by atoms with Crippen LogP contribution in [0.15, 0.2) is 47.3 Å². The number of nitrogens with zero attached hydrogens (tertiary/aromatic N) is 3. The Morgan fingerprint density at radius 1 is 1.22 bits per heavy atom. The summed E-state index contributed by atoms with van der Waals surface area (Å²) in [5.41, 5.74) is 3.70. The van der Waals surface area contributed by atoms with Crippen LogP contribution < -0.4 is 4.90 Å². The van der Waals surface area contributed by atoms with E-state index < -0.39 is 6.02 Å². The van der Waals surface area contributed by atoms with Crippen molar-refractivity contribution in [2.45, 2.75) is 39.9 Å². The van der Waals surface area contributed by atoms with E-state index in [0.29, 0.717) is 5.71 Å². The quantitative estimate of drug-likeness (QED) is 0.690. The zero-order valence-corrected chi connectivity index (χ0v) is 13.9. The predicted molar refractivity (Wildman–Crippen MR) is 94.3 cm³/mol. The lowest BCUT2D eigenvalue weighted by Gasteiger charge is -2.33. The number of aromatic nitrogens is 1. The first-order chi connectivity index (χ1) is 11.4. The molecule has 118 valence electrons. The summed E-state index contributed by atoms with van der Waals surface area (Å²) in [6.07, 6.45) is 5.81. The molecule has 0 unspecified atom stereocenters. The fourth-order valence-electron chi connectivity index (χ4n) is 3.39. The second-order valence-electron chi connectivity index (χ2n) is 6.26. The van der Waals surface area contributed by atoms with E-state index in [1.807, 2.05) is 43.3 Å². The number of aryl methyl sites for hydroxylation is 1. The van der Waals surface area contributed by atoms with Gasteiger partial charge in [-0.25, -0.2) is 4.98 Å². The first kappa shape index (κ1) is 13.0. The van der Waals surface area contributed by atoms with Crippen molar-refractivity contribution in [3.8, 4) is 0 Å². The first-order valence-electron chi connectivity index (χ1n) is 8.40. The highest BCUT2D eigenvalue weighted by Crippen LogP contribution is 2.39. The molecule has 0 spiro atoms. The Hall–Kier alpha value is -2.49. The van der Waals surface area contributed by atoms with Gasteiger partial charge in [-0.2, -0.15) is 0 Å². The predicted octanol–water partition coefficient (Wildman–Crippen LogP) is 4.64. The van der Waals surface area contributed by atoms with E-state index >= 15 is 0 Å². The van der Waals surface area contributed by atoms with Crippen LogP contribution in [0.3, 0.4) is 0 Å². The highest BCUT2D eigenvalue weighted by molar-refractivity contribution is 6.08. The van der Waals surface area contributed by atoms with Crippen LogP contribution in [0, 0.1) is 6.92 Å². The zero-order valence-electron chi connectivity index (χ0n) is 14.9. The number of fused-ring (bicyclic) bond motifs is 3. The van der Waals surface area contributed by atoms with Crippen LogP contribution in [0.25, 0.3) is 22.1 Å². The largest absolute Gasteiger partial charge is 0.435 e. The SMILES string of the molecule is [2H]C(C)(C)N1C=CN(c2c(C)ccc3c2oc2ncccc23)[C@H]1C. The molecule has 3 aromatic rings. The van der Waals surface area contributed by atoms with Gasteiger partial charge in [0.1, 0.15) is 6.17 Å². The number of pyridine rings is 1. The van der Waals surface area contributed by atoms with Crippen LogP contribution in [-0.4, -0.2) is 22.1 Å². The third-order valence-corrected chi connectivity index (χ3v) is 4.56. The molecular formula is C19H21N3O. The minimum atomic E-state index is -0.679. The Kier molecular flexibility index (Phi) is 2.83. The molecule has 23 heavy (non-hydrogen) atoms. The maximum absolute atomic E-state index is 8.33. The van der Waals surface area contributed by atoms with Crippen molar-refractivity contribution >= 4 is 27.8 Å². The smallest absolute Gasteiger partial charge is 0.227 e. The van der Waals surface area contributed by atoms with E-state index in [1.54, 1.807) is 6.20 Å². The van der Waals surface area contributed by atoms with Gasteiger partial charge in [0.2, 0.25) is 5.71 Å². The van der Waals surface area contributed by atoms with Gasteiger partial charge < -0.3 is 14.2 Å². The van der Waals surface area contributed by atoms with Gasteiger partial charge in [-0.1, -0.05) is 12.1 Å². The third-order valence-electron chi connectivity index (χ3n) is 4.56. The van der Waals surface area contributed by atoms with E-state index in [1.165, 1.54) is 0 Å². The molecule has 1 atom stereocenters. The minimum absolute atomic E-state index is 0.0444. The molecule has 0 saturated heterocycles. The van der Waals surface area contributed by atoms with Crippen molar-refractivity contribution in [3.05, 3.63) is 48.4 Å². The van der Waals surface area contributed by atoms with Crippen LogP contribution >= 0.6 is 0 Å². The molecule has 2 aromatic heterocycles. The molecule has 4 heteroatoms.